The maximum absolute atomic E-state index is 5.64. The molecular formula is C16H24N2. The van der Waals surface area contributed by atoms with Crippen molar-refractivity contribution in [1.29, 1.82) is 0 Å². The zero-order valence-corrected chi connectivity index (χ0v) is 11.2. The summed E-state index contributed by atoms with van der Waals surface area (Å²) in [5.41, 5.74) is 10.3. The van der Waals surface area contributed by atoms with Crippen LogP contribution in [-0.2, 0) is 19.4 Å². The summed E-state index contributed by atoms with van der Waals surface area (Å²) in [4.78, 5) is 2.63. The fourth-order valence-electron chi connectivity index (χ4n) is 3.08. The molecule has 2 aliphatic carbocycles. The summed E-state index contributed by atoms with van der Waals surface area (Å²) in [5, 5.41) is 0. The van der Waals surface area contributed by atoms with Gasteiger partial charge >= 0.3 is 0 Å². The molecular weight excluding hydrogens is 220 g/mol. The summed E-state index contributed by atoms with van der Waals surface area (Å²) in [6.45, 7) is 3.10. The van der Waals surface area contributed by atoms with Gasteiger partial charge in [0.05, 0.1) is 0 Å². The molecule has 1 aromatic carbocycles. The lowest BCUT2D eigenvalue weighted by Gasteiger charge is -2.22. The molecule has 98 valence electrons. The highest BCUT2D eigenvalue weighted by molar-refractivity contribution is 5.35. The summed E-state index contributed by atoms with van der Waals surface area (Å²) in [6.07, 6.45) is 7.81. The smallest absolute Gasteiger partial charge is 0.0236 e. The van der Waals surface area contributed by atoms with Crippen LogP contribution in [0.25, 0.3) is 0 Å². The van der Waals surface area contributed by atoms with Gasteiger partial charge in [0, 0.05) is 12.6 Å². The van der Waals surface area contributed by atoms with E-state index in [0.29, 0.717) is 0 Å². The van der Waals surface area contributed by atoms with Gasteiger partial charge in [-0.2, -0.15) is 0 Å². The van der Waals surface area contributed by atoms with E-state index in [0.717, 1.165) is 32.1 Å². The third-order valence-corrected chi connectivity index (χ3v) is 4.26. The van der Waals surface area contributed by atoms with E-state index in [-0.39, 0.29) is 0 Å². The molecule has 1 aromatic rings. The molecule has 0 heterocycles. The fraction of sp³-hybridized carbons (Fsp3) is 0.625. The first-order chi connectivity index (χ1) is 8.86. The van der Waals surface area contributed by atoms with Crippen LogP contribution < -0.4 is 5.73 Å². The Labute approximate surface area is 110 Å². The number of hydrogen-bond acceptors (Lipinski definition) is 2. The number of nitrogens with zero attached hydrogens (tertiary/aromatic N) is 1. The largest absolute Gasteiger partial charge is 0.330 e. The van der Waals surface area contributed by atoms with E-state index in [1.54, 1.807) is 11.1 Å². The Bertz CT molecular complexity index is 410. The topological polar surface area (TPSA) is 29.3 Å². The van der Waals surface area contributed by atoms with E-state index in [1.807, 2.05) is 0 Å². The Balaban J connectivity index is 1.66. The predicted molar refractivity (Wildman–Crippen MR) is 75.6 cm³/mol. The minimum Gasteiger partial charge on any atom is -0.330 e. The van der Waals surface area contributed by atoms with E-state index in [1.165, 1.54) is 37.7 Å². The Hall–Kier alpha value is -0.860. The Kier molecular flexibility index (Phi) is 3.67. The van der Waals surface area contributed by atoms with E-state index in [9.17, 15) is 0 Å². The molecule has 0 unspecified atom stereocenters. The first kappa shape index (κ1) is 12.2. The second kappa shape index (κ2) is 5.41. The van der Waals surface area contributed by atoms with Crippen LogP contribution in [0.2, 0.25) is 0 Å². The zero-order valence-electron chi connectivity index (χ0n) is 11.2. The molecule has 1 fully saturated rings. The van der Waals surface area contributed by atoms with Crippen LogP contribution in [0.1, 0.15) is 42.4 Å². The molecule has 0 atom stereocenters. The highest BCUT2D eigenvalue weighted by Crippen LogP contribution is 2.29. The van der Waals surface area contributed by atoms with Crippen molar-refractivity contribution in [3.8, 4) is 0 Å². The van der Waals surface area contributed by atoms with Gasteiger partial charge in [-0.1, -0.05) is 18.2 Å². The molecule has 0 aliphatic heterocycles. The Morgan fingerprint density at radius 1 is 1.17 bits per heavy atom. The summed E-state index contributed by atoms with van der Waals surface area (Å²) >= 11 is 0. The number of nitrogens with two attached hydrogens (primary N) is 1. The van der Waals surface area contributed by atoms with Gasteiger partial charge < -0.3 is 5.73 Å². The first-order valence-corrected chi connectivity index (χ1v) is 7.41. The molecule has 18 heavy (non-hydrogen) atoms. The minimum absolute atomic E-state index is 0.813. The van der Waals surface area contributed by atoms with E-state index < -0.39 is 0 Å². The monoisotopic (exact) mass is 244 g/mol. The molecule has 0 amide bonds. The summed E-state index contributed by atoms with van der Waals surface area (Å²) < 4.78 is 0. The second-order valence-corrected chi connectivity index (χ2v) is 5.80. The van der Waals surface area contributed by atoms with Crippen LogP contribution in [0.3, 0.4) is 0 Å². The molecule has 2 N–H and O–H groups in total. The van der Waals surface area contributed by atoms with Crippen molar-refractivity contribution >= 4 is 0 Å². The minimum atomic E-state index is 0.813. The lowest BCUT2D eigenvalue weighted by Crippen LogP contribution is -2.28. The first-order valence-electron chi connectivity index (χ1n) is 7.41. The molecule has 0 aromatic heterocycles. The lowest BCUT2D eigenvalue weighted by molar-refractivity contribution is 0.253. The van der Waals surface area contributed by atoms with Crippen molar-refractivity contribution < 1.29 is 0 Å². The van der Waals surface area contributed by atoms with Crippen LogP contribution in [0, 0.1) is 0 Å². The summed E-state index contributed by atoms with van der Waals surface area (Å²) in [6, 6.07) is 7.97. The second-order valence-electron chi connectivity index (χ2n) is 5.80. The highest BCUT2D eigenvalue weighted by atomic mass is 15.2. The molecule has 2 aliphatic rings. The Morgan fingerprint density at radius 3 is 2.78 bits per heavy atom. The highest BCUT2D eigenvalue weighted by Gasteiger charge is 2.28. The maximum Gasteiger partial charge on any atom is 0.0236 e. The lowest BCUT2D eigenvalue weighted by atomic mass is 10.1. The van der Waals surface area contributed by atoms with Crippen molar-refractivity contribution in [2.45, 2.75) is 51.1 Å². The van der Waals surface area contributed by atoms with Gasteiger partial charge in [0.15, 0.2) is 0 Å². The third-order valence-electron chi connectivity index (χ3n) is 4.26. The molecule has 0 saturated heterocycles. The predicted octanol–water partition coefficient (Wildman–Crippen LogP) is 2.49. The number of fused-ring (bicyclic) bond motifs is 1. The van der Waals surface area contributed by atoms with Gasteiger partial charge in [-0.25, -0.2) is 0 Å². The van der Waals surface area contributed by atoms with E-state index in [4.69, 9.17) is 5.73 Å². The van der Waals surface area contributed by atoms with Crippen LogP contribution in [-0.4, -0.2) is 24.0 Å². The average molecular weight is 244 g/mol. The fourth-order valence-corrected chi connectivity index (χ4v) is 3.08. The van der Waals surface area contributed by atoms with E-state index >= 15 is 0 Å². The van der Waals surface area contributed by atoms with Gasteiger partial charge in [0.1, 0.15) is 0 Å². The number of aryl methyl sites for hydroxylation is 2. The van der Waals surface area contributed by atoms with Crippen molar-refractivity contribution in [2.75, 3.05) is 13.1 Å². The summed E-state index contributed by atoms with van der Waals surface area (Å²) in [7, 11) is 0. The molecule has 2 heteroatoms. The van der Waals surface area contributed by atoms with Crippen molar-refractivity contribution in [3.05, 3.63) is 34.9 Å². The average Bonchev–Trinajstić information content (AvgIpc) is 3.12. The zero-order chi connectivity index (χ0) is 12.4. The van der Waals surface area contributed by atoms with Crippen LogP contribution in [0.4, 0.5) is 0 Å². The molecule has 2 nitrogen and oxygen atoms in total. The molecule has 0 radical (unpaired) electrons. The van der Waals surface area contributed by atoms with Crippen LogP contribution in [0.15, 0.2) is 18.2 Å². The molecule has 0 spiro atoms. The van der Waals surface area contributed by atoms with Crippen molar-refractivity contribution in [3.63, 3.8) is 0 Å². The third kappa shape index (κ3) is 2.76. The number of rotatable bonds is 6. The van der Waals surface area contributed by atoms with Gasteiger partial charge in [-0.3, -0.25) is 4.90 Å². The SMILES string of the molecule is NCCCN(Cc1ccc2c(c1)CCC2)C1CC1. The normalized spacial score (nSPS) is 18.3. The summed E-state index contributed by atoms with van der Waals surface area (Å²) in [5.74, 6) is 0. The molecule has 1 saturated carbocycles. The Morgan fingerprint density at radius 2 is 2.00 bits per heavy atom. The maximum atomic E-state index is 5.64. The quantitative estimate of drug-likeness (QED) is 0.833. The number of benzene rings is 1. The molecule has 3 rings (SSSR count). The van der Waals surface area contributed by atoms with Crippen LogP contribution in [0.5, 0.6) is 0 Å². The van der Waals surface area contributed by atoms with Crippen molar-refractivity contribution in [1.82, 2.24) is 4.90 Å². The van der Waals surface area contributed by atoms with Crippen LogP contribution >= 0.6 is 0 Å². The standard InChI is InChI=1S/C16H24N2/c17-9-2-10-18(16-7-8-16)12-13-5-6-14-3-1-4-15(14)11-13/h5-6,11,16H,1-4,7-10,12,17H2. The van der Waals surface area contributed by atoms with E-state index in [2.05, 4.69) is 23.1 Å². The van der Waals surface area contributed by atoms with Gasteiger partial charge in [0.2, 0.25) is 0 Å². The van der Waals surface area contributed by atoms with Crippen molar-refractivity contribution in [2.24, 2.45) is 5.73 Å². The number of hydrogen-bond donors (Lipinski definition) is 1. The van der Waals surface area contributed by atoms with Gasteiger partial charge in [0.25, 0.3) is 0 Å². The molecule has 0 bridgehead atoms. The van der Waals surface area contributed by atoms with Gasteiger partial charge in [-0.15, -0.1) is 0 Å². The van der Waals surface area contributed by atoms with Gasteiger partial charge in [-0.05, 0) is 68.3 Å².